The summed E-state index contributed by atoms with van der Waals surface area (Å²) in [7, 11) is 3.82. The molecule has 0 radical (unpaired) electrons. The Kier molecular flexibility index (Phi) is 6.92. The number of aryl methyl sites for hydroxylation is 1. The number of anilines is 1. The maximum Gasteiger partial charge on any atom is 0.185 e. The lowest BCUT2D eigenvalue weighted by Gasteiger charge is -2.18. The third-order valence-electron chi connectivity index (χ3n) is 5.21. The molecule has 0 aliphatic heterocycles. The lowest BCUT2D eigenvalue weighted by molar-refractivity contribution is 0.0660. The molecule has 1 aliphatic rings. The van der Waals surface area contributed by atoms with Gasteiger partial charge < -0.3 is 14.4 Å². The molecule has 1 heterocycles. The van der Waals surface area contributed by atoms with E-state index in [1.165, 1.54) is 16.0 Å². The molecule has 0 saturated carbocycles. The first kappa shape index (κ1) is 20.6. The Morgan fingerprint density at radius 2 is 2.21 bits per heavy atom. The summed E-state index contributed by atoms with van der Waals surface area (Å²) in [4.78, 5) is 8.50. The van der Waals surface area contributed by atoms with Gasteiger partial charge in [0, 0.05) is 29.6 Å². The predicted molar refractivity (Wildman–Crippen MR) is 119 cm³/mol. The topological polar surface area (TPSA) is 34.6 Å². The van der Waals surface area contributed by atoms with E-state index in [-0.39, 0.29) is 6.10 Å². The second kappa shape index (κ2) is 9.39. The monoisotopic (exact) mass is 398 g/mol. The van der Waals surface area contributed by atoms with Crippen LogP contribution in [0, 0.1) is 0 Å². The molecule has 3 rings (SSSR count). The molecule has 1 aromatic carbocycles. The zero-order valence-corrected chi connectivity index (χ0v) is 18.0. The SMILES string of the molecule is C=CC(=C)CCC(C)OCCN(C)c1nc2c(s1)CCc1c(OC)cccc1-2. The number of thiazole rings is 1. The molecule has 1 unspecified atom stereocenters. The van der Waals surface area contributed by atoms with Crippen molar-refractivity contribution in [1.29, 1.82) is 0 Å². The Labute approximate surface area is 172 Å². The van der Waals surface area contributed by atoms with Gasteiger partial charge >= 0.3 is 0 Å². The number of methoxy groups -OCH3 is 1. The van der Waals surface area contributed by atoms with Crippen molar-refractivity contribution in [3.8, 4) is 17.0 Å². The predicted octanol–water partition coefficient (Wildman–Crippen LogP) is 5.28. The van der Waals surface area contributed by atoms with Gasteiger partial charge in [-0.2, -0.15) is 0 Å². The van der Waals surface area contributed by atoms with Crippen molar-refractivity contribution in [3.05, 3.63) is 53.4 Å². The normalized spacial score (nSPS) is 13.4. The Morgan fingerprint density at radius 1 is 1.39 bits per heavy atom. The van der Waals surface area contributed by atoms with Gasteiger partial charge in [-0.05, 0) is 38.7 Å². The molecule has 150 valence electrons. The number of likely N-dealkylation sites (N-methyl/N-ethyl adjacent to an activating group) is 1. The van der Waals surface area contributed by atoms with Gasteiger partial charge in [0.2, 0.25) is 0 Å². The number of ether oxygens (including phenoxy) is 2. The fourth-order valence-corrected chi connectivity index (χ4v) is 4.48. The first-order chi connectivity index (χ1) is 13.5. The molecule has 0 fully saturated rings. The van der Waals surface area contributed by atoms with Crippen LogP contribution in [-0.4, -0.2) is 38.4 Å². The summed E-state index contributed by atoms with van der Waals surface area (Å²) in [6.07, 6.45) is 5.97. The number of allylic oxidation sites excluding steroid dienone is 2. The minimum Gasteiger partial charge on any atom is -0.496 e. The second-order valence-corrected chi connectivity index (χ2v) is 8.32. The zero-order valence-electron chi connectivity index (χ0n) is 17.2. The van der Waals surface area contributed by atoms with Gasteiger partial charge in [-0.25, -0.2) is 4.98 Å². The van der Waals surface area contributed by atoms with Gasteiger partial charge in [0.25, 0.3) is 0 Å². The highest BCUT2D eigenvalue weighted by atomic mass is 32.1. The van der Waals surface area contributed by atoms with Crippen LogP contribution < -0.4 is 9.64 Å². The van der Waals surface area contributed by atoms with Crippen LogP contribution in [0.2, 0.25) is 0 Å². The van der Waals surface area contributed by atoms with E-state index in [4.69, 9.17) is 14.5 Å². The molecular weight excluding hydrogens is 368 g/mol. The minimum atomic E-state index is 0.217. The fourth-order valence-electron chi connectivity index (χ4n) is 3.42. The second-order valence-electron chi connectivity index (χ2n) is 7.26. The molecule has 1 aromatic heterocycles. The van der Waals surface area contributed by atoms with Crippen molar-refractivity contribution in [2.75, 3.05) is 32.2 Å². The Bertz CT molecular complexity index is 843. The average molecular weight is 399 g/mol. The van der Waals surface area contributed by atoms with Gasteiger partial charge in [-0.3, -0.25) is 0 Å². The molecule has 0 bridgehead atoms. The van der Waals surface area contributed by atoms with Crippen molar-refractivity contribution < 1.29 is 9.47 Å². The maximum absolute atomic E-state index is 5.96. The van der Waals surface area contributed by atoms with Crippen LogP contribution in [0.4, 0.5) is 5.13 Å². The molecule has 5 heteroatoms. The first-order valence-corrected chi connectivity index (χ1v) is 10.6. The molecule has 2 aromatic rings. The number of nitrogens with zero attached hydrogens (tertiary/aromatic N) is 2. The summed E-state index contributed by atoms with van der Waals surface area (Å²) in [6, 6.07) is 6.24. The number of rotatable bonds is 10. The van der Waals surface area contributed by atoms with E-state index in [0.717, 1.165) is 54.4 Å². The van der Waals surface area contributed by atoms with E-state index in [9.17, 15) is 0 Å². The van der Waals surface area contributed by atoms with Gasteiger partial charge in [0.05, 0.1) is 25.5 Å². The summed E-state index contributed by atoms with van der Waals surface area (Å²) in [5.41, 5.74) is 4.67. The number of hydrogen-bond acceptors (Lipinski definition) is 5. The molecule has 0 spiro atoms. The third kappa shape index (κ3) is 4.65. The van der Waals surface area contributed by atoms with E-state index in [2.05, 4.69) is 38.1 Å². The molecule has 0 N–H and O–H groups in total. The molecular formula is C23H30N2O2S. The zero-order chi connectivity index (χ0) is 20.1. The van der Waals surface area contributed by atoms with Gasteiger partial charge in [0.15, 0.2) is 5.13 Å². The van der Waals surface area contributed by atoms with Crippen molar-refractivity contribution >= 4 is 16.5 Å². The lowest BCUT2D eigenvalue weighted by Crippen LogP contribution is -2.24. The van der Waals surface area contributed by atoms with Crippen LogP contribution in [0.5, 0.6) is 5.75 Å². The number of hydrogen-bond donors (Lipinski definition) is 0. The van der Waals surface area contributed by atoms with Crippen LogP contribution >= 0.6 is 11.3 Å². The van der Waals surface area contributed by atoms with Crippen molar-refractivity contribution in [2.24, 2.45) is 0 Å². The van der Waals surface area contributed by atoms with Crippen LogP contribution in [0.25, 0.3) is 11.3 Å². The molecule has 1 aliphatic carbocycles. The van der Waals surface area contributed by atoms with Crippen LogP contribution in [0.1, 0.15) is 30.2 Å². The molecule has 28 heavy (non-hydrogen) atoms. The summed E-state index contributed by atoms with van der Waals surface area (Å²) >= 11 is 1.79. The highest BCUT2D eigenvalue weighted by Gasteiger charge is 2.24. The lowest BCUT2D eigenvalue weighted by atomic mass is 9.93. The van der Waals surface area contributed by atoms with Crippen molar-refractivity contribution in [2.45, 2.75) is 38.7 Å². The van der Waals surface area contributed by atoms with E-state index in [1.54, 1.807) is 18.4 Å². The molecule has 4 nitrogen and oxygen atoms in total. The summed E-state index contributed by atoms with van der Waals surface area (Å²) in [5, 5.41) is 1.05. The standard InChI is InChI=1S/C23H30N2O2S/c1-6-16(2)10-11-17(3)27-15-14-25(4)23-24-22-19-8-7-9-20(26-5)18(19)12-13-21(22)28-23/h6-9,17H,1-2,10-15H2,3-5H3. The third-order valence-corrected chi connectivity index (χ3v) is 6.44. The Morgan fingerprint density at radius 3 is 2.96 bits per heavy atom. The molecule has 0 amide bonds. The number of fused-ring (bicyclic) bond motifs is 3. The highest BCUT2D eigenvalue weighted by Crippen LogP contribution is 2.41. The van der Waals surface area contributed by atoms with E-state index in [1.807, 2.05) is 18.2 Å². The summed E-state index contributed by atoms with van der Waals surface area (Å²) in [5.74, 6) is 0.965. The Balaban J connectivity index is 1.59. The van der Waals surface area contributed by atoms with Crippen LogP contribution in [-0.2, 0) is 17.6 Å². The highest BCUT2D eigenvalue weighted by molar-refractivity contribution is 7.16. The van der Waals surface area contributed by atoms with Crippen LogP contribution in [0.3, 0.4) is 0 Å². The van der Waals surface area contributed by atoms with Gasteiger partial charge in [-0.15, -0.1) is 11.3 Å². The summed E-state index contributed by atoms with van der Waals surface area (Å²) < 4.78 is 11.5. The molecule has 1 atom stereocenters. The smallest absolute Gasteiger partial charge is 0.185 e. The van der Waals surface area contributed by atoms with E-state index in [0.29, 0.717) is 6.61 Å². The average Bonchev–Trinajstić information content (AvgIpc) is 3.16. The first-order valence-electron chi connectivity index (χ1n) is 9.82. The number of benzene rings is 1. The van der Waals surface area contributed by atoms with Crippen molar-refractivity contribution in [3.63, 3.8) is 0 Å². The summed E-state index contributed by atoms with van der Waals surface area (Å²) in [6.45, 7) is 11.3. The Hall–Kier alpha value is -2.11. The van der Waals surface area contributed by atoms with Gasteiger partial charge in [-0.1, -0.05) is 36.9 Å². The quantitative estimate of drug-likeness (QED) is 0.510. The number of aromatic nitrogens is 1. The molecule has 0 saturated heterocycles. The largest absolute Gasteiger partial charge is 0.496 e. The van der Waals surface area contributed by atoms with E-state index < -0.39 is 0 Å². The minimum absolute atomic E-state index is 0.217. The maximum atomic E-state index is 5.96. The van der Waals surface area contributed by atoms with Crippen molar-refractivity contribution in [1.82, 2.24) is 4.98 Å². The van der Waals surface area contributed by atoms with Gasteiger partial charge in [0.1, 0.15) is 5.75 Å². The van der Waals surface area contributed by atoms with Crippen LogP contribution in [0.15, 0.2) is 43.0 Å². The fraction of sp³-hybridized carbons (Fsp3) is 0.435. The van der Waals surface area contributed by atoms with E-state index >= 15 is 0 Å².